The summed E-state index contributed by atoms with van der Waals surface area (Å²) in [5.41, 5.74) is 1.14. The van der Waals surface area contributed by atoms with Crippen LogP contribution in [0.15, 0.2) is 30.3 Å². The van der Waals surface area contributed by atoms with Gasteiger partial charge in [-0.2, -0.15) is 13.2 Å². The summed E-state index contributed by atoms with van der Waals surface area (Å²) in [4.78, 5) is 7.24. The molecule has 0 amide bonds. The first-order chi connectivity index (χ1) is 10.3. The van der Waals surface area contributed by atoms with E-state index in [0.29, 0.717) is 5.56 Å². The second-order valence-electron chi connectivity index (χ2n) is 4.07. The van der Waals surface area contributed by atoms with Gasteiger partial charge in [0.05, 0.1) is 5.69 Å². The number of halogens is 4. The third-order valence-corrected chi connectivity index (χ3v) is 2.73. The Hall–Kier alpha value is -2.33. The van der Waals surface area contributed by atoms with Crippen LogP contribution in [0.4, 0.5) is 23.5 Å². The van der Waals surface area contributed by atoms with E-state index in [0.717, 1.165) is 18.2 Å². The van der Waals surface area contributed by atoms with Gasteiger partial charge in [0, 0.05) is 5.56 Å². The van der Waals surface area contributed by atoms with Crippen LogP contribution in [0.25, 0.3) is 11.3 Å². The van der Waals surface area contributed by atoms with Gasteiger partial charge < -0.3 is 10.7 Å². The number of benzene rings is 1. The molecular formula is C12H9F4N5S. The highest BCUT2D eigenvalue weighted by molar-refractivity contribution is 7.80. The maximum Gasteiger partial charge on any atom is 0.433 e. The molecular weight excluding hydrogens is 322 g/mol. The molecule has 10 heteroatoms. The van der Waals surface area contributed by atoms with Crippen LogP contribution < -0.4 is 16.6 Å². The summed E-state index contributed by atoms with van der Waals surface area (Å²) in [6.45, 7) is 0. The van der Waals surface area contributed by atoms with Crippen molar-refractivity contribution < 1.29 is 17.6 Å². The number of nitrogens with one attached hydrogen (secondary N) is 2. The smallest absolute Gasteiger partial charge is 0.301 e. The molecule has 0 fully saturated rings. The molecule has 0 spiro atoms. The maximum atomic E-state index is 12.9. The summed E-state index contributed by atoms with van der Waals surface area (Å²) >= 11 is 4.69. The average molecular weight is 331 g/mol. The van der Waals surface area contributed by atoms with Gasteiger partial charge in [-0.1, -0.05) is 0 Å². The van der Waals surface area contributed by atoms with Crippen LogP contribution in [0.1, 0.15) is 5.69 Å². The van der Waals surface area contributed by atoms with Gasteiger partial charge in [-0.05, 0) is 42.5 Å². The highest BCUT2D eigenvalue weighted by atomic mass is 32.1. The zero-order chi connectivity index (χ0) is 16.3. The van der Waals surface area contributed by atoms with Crippen LogP contribution in [-0.4, -0.2) is 15.1 Å². The van der Waals surface area contributed by atoms with E-state index in [9.17, 15) is 17.6 Å². The molecule has 0 atom stereocenters. The highest BCUT2D eigenvalue weighted by Gasteiger charge is 2.34. The Morgan fingerprint density at radius 2 is 1.77 bits per heavy atom. The number of nitrogens with zero attached hydrogens (tertiary/aromatic N) is 2. The third-order valence-electron chi connectivity index (χ3n) is 2.51. The van der Waals surface area contributed by atoms with E-state index in [4.69, 9.17) is 18.1 Å². The lowest BCUT2D eigenvalue weighted by molar-refractivity contribution is -0.141. The number of thiocarbonyl (C=S) groups is 1. The molecule has 116 valence electrons. The number of aromatic nitrogens is 2. The van der Waals surface area contributed by atoms with Crippen molar-refractivity contribution in [2.24, 2.45) is 5.84 Å². The molecule has 1 aromatic heterocycles. The Morgan fingerprint density at radius 3 is 2.32 bits per heavy atom. The molecule has 0 radical (unpaired) electrons. The average Bonchev–Trinajstić information content (AvgIpc) is 2.46. The lowest BCUT2D eigenvalue weighted by atomic mass is 10.1. The number of alkyl halides is 3. The number of hydrogen-bond acceptors (Lipinski definition) is 4. The van der Waals surface area contributed by atoms with Crippen molar-refractivity contribution in [3.63, 3.8) is 0 Å². The SMILES string of the molecule is NNC(=S)Nc1nc(-c2ccc(F)cc2)cc(C(F)(F)F)n1. The topological polar surface area (TPSA) is 75.9 Å². The molecule has 1 aromatic carbocycles. The Labute approximate surface area is 127 Å². The van der Waals surface area contributed by atoms with Gasteiger partial charge in [0.1, 0.15) is 5.82 Å². The molecule has 5 nitrogen and oxygen atoms in total. The van der Waals surface area contributed by atoms with Crippen molar-refractivity contribution in [2.75, 3.05) is 5.32 Å². The largest absolute Gasteiger partial charge is 0.433 e. The van der Waals surface area contributed by atoms with Crippen molar-refractivity contribution in [2.45, 2.75) is 6.18 Å². The first kappa shape index (κ1) is 16.0. The van der Waals surface area contributed by atoms with Gasteiger partial charge in [0.25, 0.3) is 0 Å². The van der Waals surface area contributed by atoms with Gasteiger partial charge >= 0.3 is 6.18 Å². The van der Waals surface area contributed by atoms with Crippen molar-refractivity contribution in [3.8, 4) is 11.3 Å². The van der Waals surface area contributed by atoms with Gasteiger partial charge in [0.2, 0.25) is 5.95 Å². The zero-order valence-corrected chi connectivity index (χ0v) is 11.6. The van der Waals surface area contributed by atoms with Gasteiger partial charge in [-0.25, -0.2) is 20.2 Å². The van der Waals surface area contributed by atoms with E-state index in [1.165, 1.54) is 12.1 Å². The predicted molar refractivity (Wildman–Crippen MR) is 76.0 cm³/mol. The molecule has 0 aliphatic heterocycles. The van der Waals surface area contributed by atoms with Crippen molar-refractivity contribution in [1.29, 1.82) is 0 Å². The lowest BCUT2D eigenvalue weighted by Crippen LogP contribution is -2.34. The van der Waals surface area contributed by atoms with Crippen LogP contribution in [0.2, 0.25) is 0 Å². The molecule has 1 heterocycles. The molecule has 0 aliphatic carbocycles. The highest BCUT2D eigenvalue weighted by Crippen LogP contribution is 2.31. The first-order valence-corrected chi connectivity index (χ1v) is 6.20. The van der Waals surface area contributed by atoms with Crippen molar-refractivity contribution in [3.05, 3.63) is 41.8 Å². The molecule has 4 N–H and O–H groups in total. The normalized spacial score (nSPS) is 11.1. The Bertz CT molecular complexity index is 687. The van der Waals surface area contributed by atoms with Crippen molar-refractivity contribution >= 4 is 23.3 Å². The number of nitrogens with two attached hydrogens (primary N) is 1. The van der Waals surface area contributed by atoms with E-state index in [2.05, 4.69) is 15.3 Å². The van der Waals surface area contributed by atoms with Gasteiger partial charge in [-0.15, -0.1) is 0 Å². The molecule has 2 rings (SSSR count). The molecule has 0 unspecified atom stereocenters. The number of hydrogen-bond donors (Lipinski definition) is 3. The van der Waals surface area contributed by atoms with E-state index in [1.807, 2.05) is 5.43 Å². The number of rotatable bonds is 2. The quantitative estimate of drug-likeness (QED) is 0.340. The fourth-order valence-corrected chi connectivity index (χ4v) is 1.65. The van der Waals surface area contributed by atoms with E-state index < -0.39 is 17.7 Å². The minimum absolute atomic E-state index is 0.0374. The van der Waals surface area contributed by atoms with Gasteiger partial charge in [-0.3, -0.25) is 0 Å². The molecule has 0 bridgehead atoms. The Morgan fingerprint density at radius 1 is 1.14 bits per heavy atom. The lowest BCUT2D eigenvalue weighted by Gasteiger charge is -2.12. The second kappa shape index (κ2) is 6.20. The standard InChI is InChI=1S/C12H9F4N5S/c13-7-3-1-6(2-4-7)8-5-9(12(14,15)16)19-10(18-8)20-11(22)21-17/h1-5H,17H2,(H2,18,19,20,21,22). The second-order valence-corrected chi connectivity index (χ2v) is 4.47. The molecule has 2 aromatic rings. The van der Waals surface area contributed by atoms with E-state index >= 15 is 0 Å². The van der Waals surface area contributed by atoms with Gasteiger partial charge in [0.15, 0.2) is 10.8 Å². The van der Waals surface area contributed by atoms with E-state index in [1.54, 1.807) is 0 Å². The van der Waals surface area contributed by atoms with Crippen LogP contribution in [-0.2, 0) is 6.18 Å². The zero-order valence-electron chi connectivity index (χ0n) is 10.8. The third kappa shape index (κ3) is 3.86. The van der Waals surface area contributed by atoms with Crippen LogP contribution in [0.3, 0.4) is 0 Å². The number of anilines is 1. The monoisotopic (exact) mass is 331 g/mol. The van der Waals surface area contributed by atoms with Crippen molar-refractivity contribution in [1.82, 2.24) is 15.4 Å². The summed E-state index contributed by atoms with van der Waals surface area (Å²) in [6.07, 6.45) is -4.67. The fraction of sp³-hybridized carbons (Fsp3) is 0.0833. The summed E-state index contributed by atoms with van der Waals surface area (Å²) in [7, 11) is 0. The maximum absolute atomic E-state index is 12.9. The van der Waals surface area contributed by atoms with E-state index in [-0.39, 0.29) is 16.8 Å². The molecule has 0 saturated carbocycles. The predicted octanol–water partition coefficient (Wildman–Crippen LogP) is 2.46. The summed E-state index contributed by atoms with van der Waals surface area (Å²) in [5.74, 6) is 4.15. The Balaban J connectivity index is 2.50. The first-order valence-electron chi connectivity index (χ1n) is 5.79. The molecule has 22 heavy (non-hydrogen) atoms. The van der Waals surface area contributed by atoms with Crippen LogP contribution in [0.5, 0.6) is 0 Å². The summed E-state index contributed by atoms with van der Waals surface area (Å²) in [6, 6.07) is 5.60. The number of hydrazine groups is 1. The fourth-order valence-electron chi connectivity index (χ4n) is 1.55. The van der Waals surface area contributed by atoms with Crippen LogP contribution in [0, 0.1) is 5.82 Å². The molecule has 0 aliphatic rings. The minimum Gasteiger partial charge on any atom is -0.301 e. The Kier molecular flexibility index (Phi) is 4.52. The summed E-state index contributed by atoms with van der Waals surface area (Å²) < 4.78 is 51.6. The van der Waals surface area contributed by atoms with Crippen LogP contribution >= 0.6 is 12.2 Å². The summed E-state index contributed by atoms with van der Waals surface area (Å²) in [5, 5.41) is 2.18. The minimum atomic E-state index is -4.67. The molecule has 0 saturated heterocycles.